The van der Waals surface area contributed by atoms with Crippen LogP contribution in [0.3, 0.4) is 0 Å². The average molecular weight is 407 g/mol. The largest absolute Gasteiger partial charge is 0.378 e. The molecule has 2 aliphatic heterocycles. The van der Waals surface area contributed by atoms with Crippen LogP contribution >= 0.6 is 22.6 Å². The monoisotopic (exact) mass is 407 g/mol. The molecule has 0 aliphatic carbocycles. The fourth-order valence-corrected chi connectivity index (χ4v) is 4.91. The molecular weight excluding hydrogens is 393 g/mol. The SMILES string of the molecule is O=C1c2ccc(I)cc2S(=O)(=O)N1CCC1CCCO1. The second-order valence-electron chi connectivity index (χ2n) is 4.95. The quantitative estimate of drug-likeness (QED) is 0.720. The van der Waals surface area contributed by atoms with Gasteiger partial charge in [0, 0.05) is 16.7 Å². The number of sulfonamides is 1. The average Bonchev–Trinajstić information content (AvgIpc) is 2.96. The molecule has 0 aromatic heterocycles. The van der Waals surface area contributed by atoms with Gasteiger partial charge in [-0.3, -0.25) is 4.79 Å². The van der Waals surface area contributed by atoms with E-state index in [0.29, 0.717) is 6.42 Å². The highest BCUT2D eigenvalue weighted by molar-refractivity contribution is 14.1. The molecule has 20 heavy (non-hydrogen) atoms. The summed E-state index contributed by atoms with van der Waals surface area (Å²) in [6.07, 6.45) is 2.58. The Morgan fingerprint density at radius 3 is 2.90 bits per heavy atom. The minimum atomic E-state index is -3.69. The van der Waals surface area contributed by atoms with Crippen molar-refractivity contribution >= 4 is 38.5 Å². The molecule has 1 atom stereocenters. The highest BCUT2D eigenvalue weighted by Crippen LogP contribution is 2.32. The fourth-order valence-electron chi connectivity index (χ4n) is 2.60. The van der Waals surface area contributed by atoms with Crippen LogP contribution in [0.5, 0.6) is 0 Å². The van der Waals surface area contributed by atoms with Crippen LogP contribution in [-0.2, 0) is 14.8 Å². The molecule has 1 saturated heterocycles. The molecule has 2 aliphatic rings. The predicted octanol–water partition coefficient (Wildman–Crippen LogP) is 2.00. The van der Waals surface area contributed by atoms with Crippen molar-refractivity contribution in [2.75, 3.05) is 13.2 Å². The maximum atomic E-state index is 12.4. The lowest BCUT2D eigenvalue weighted by atomic mass is 10.1. The summed E-state index contributed by atoms with van der Waals surface area (Å²) in [5, 5.41) is 0. The standard InChI is InChI=1S/C13H14INO4S/c14-9-3-4-11-12(8-9)20(17,18)15(13(11)16)6-5-10-2-1-7-19-10/h3-4,8,10H,1-2,5-7H2. The Morgan fingerprint density at radius 2 is 2.20 bits per heavy atom. The molecule has 108 valence electrons. The van der Waals surface area contributed by atoms with Crippen molar-refractivity contribution in [1.82, 2.24) is 4.31 Å². The number of amides is 1. The lowest BCUT2D eigenvalue weighted by Crippen LogP contribution is -2.32. The second kappa shape index (κ2) is 5.27. The Morgan fingerprint density at radius 1 is 1.40 bits per heavy atom. The van der Waals surface area contributed by atoms with Gasteiger partial charge in [-0.25, -0.2) is 12.7 Å². The van der Waals surface area contributed by atoms with Gasteiger partial charge in [0.2, 0.25) is 0 Å². The van der Waals surface area contributed by atoms with E-state index in [9.17, 15) is 13.2 Å². The molecule has 5 nitrogen and oxygen atoms in total. The van der Waals surface area contributed by atoms with Gasteiger partial charge in [0.15, 0.2) is 0 Å². The highest BCUT2D eigenvalue weighted by atomic mass is 127. The maximum Gasteiger partial charge on any atom is 0.269 e. The molecule has 0 bridgehead atoms. The summed E-state index contributed by atoms with van der Waals surface area (Å²) in [4.78, 5) is 12.4. The number of hydrogen-bond donors (Lipinski definition) is 0. The minimum Gasteiger partial charge on any atom is -0.378 e. The summed E-state index contributed by atoms with van der Waals surface area (Å²) < 4.78 is 32.1. The van der Waals surface area contributed by atoms with Crippen LogP contribution in [0.15, 0.2) is 23.1 Å². The van der Waals surface area contributed by atoms with Crippen LogP contribution in [0.2, 0.25) is 0 Å². The topological polar surface area (TPSA) is 63.7 Å². The third-order valence-electron chi connectivity index (χ3n) is 3.65. The minimum absolute atomic E-state index is 0.0712. The van der Waals surface area contributed by atoms with Gasteiger partial charge < -0.3 is 4.74 Å². The van der Waals surface area contributed by atoms with Gasteiger partial charge in [0.25, 0.3) is 15.9 Å². The second-order valence-corrected chi connectivity index (χ2v) is 8.02. The molecule has 0 N–H and O–H groups in total. The lowest BCUT2D eigenvalue weighted by Gasteiger charge is -2.17. The Balaban J connectivity index is 1.85. The fraction of sp³-hybridized carbons (Fsp3) is 0.462. The number of halogens is 1. The first-order valence-electron chi connectivity index (χ1n) is 6.48. The molecule has 3 rings (SSSR count). The molecule has 1 fully saturated rings. The summed E-state index contributed by atoms with van der Waals surface area (Å²) in [5.74, 6) is -0.422. The number of benzene rings is 1. The molecule has 1 aromatic rings. The van der Waals surface area contributed by atoms with Crippen molar-refractivity contribution in [3.63, 3.8) is 0 Å². The van der Waals surface area contributed by atoms with Gasteiger partial charge in [-0.1, -0.05) is 0 Å². The van der Waals surface area contributed by atoms with Gasteiger partial charge in [-0.05, 0) is 60.1 Å². The third-order valence-corrected chi connectivity index (χ3v) is 6.14. The van der Waals surface area contributed by atoms with E-state index in [1.807, 2.05) is 22.6 Å². The number of hydrogen-bond acceptors (Lipinski definition) is 4. The van der Waals surface area contributed by atoms with E-state index in [-0.39, 0.29) is 23.1 Å². The van der Waals surface area contributed by atoms with Gasteiger partial charge in [0.05, 0.1) is 11.7 Å². The zero-order chi connectivity index (χ0) is 14.3. The molecule has 0 spiro atoms. The summed E-state index contributed by atoms with van der Waals surface area (Å²) in [5.41, 5.74) is 0.276. The Hall–Kier alpha value is -0.670. The normalized spacial score (nSPS) is 24.1. The molecule has 0 saturated carbocycles. The lowest BCUT2D eigenvalue weighted by molar-refractivity contribution is 0.0804. The summed E-state index contributed by atoms with van der Waals surface area (Å²) in [6, 6.07) is 4.88. The van der Waals surface area contributed by atoms with Crippen molar-refractivity contribution in [2.45, 2.75) is 30.3 Å². The molecule has 1 unspecified atom stereocenters. The molecule has 0 radical (unpaired) electrons. The molecule has 2 heterocycles. The zero-order valence-electron chi connectivity index (χ0n) is 10.7. The van der Waals surface area contributed by atoms with E-state index in [0.717, 1.165) is 27.3 Å². The van der Waals surface area contributed by atoms with E-state index in [1.54, 1.807) is 18.2 Å². The van der Waals surface area contributed by atoms with Gasteiger partial charge in [0.1, 0.15) is 4.90 Å². The summed E-state index contributed by atoms with van der Waals surface area (Å²) >= 11 is 2.04. The van der Waals surface area contributed by atoms with Crippen molar-refractivity contribution < 1.29 is 17.9 Å². The van der Waals surface area contributed by atoms with Crippen LogP contribution in [-0.4, -0.2) is 37.9 Å². The van der Waals surface area contributed by atoms with Crippen molar-refractivity contribution in [1.29, 1.82) is 0 Å². The molecule has 7 heteroatoms. The number of nitrogens with zero attached hydrogens (tertiary/aromatic N) is 1. The maximum absolute atomic E-state index is 12.4. The van der Waals surface area contributed by atoms with E-state index >= 15 is 0 Å². The highest BCUT2D eigenvalue weighted by Gasteiger charge is 2.41. The number of rotatable bonds is 3. The van der Waals surface area contributed by atoms with Crippen LogP contribution < -0.4 is 0 Å². The molecule has 1 amide bonds. The third kappa shape index (κ3) is 2.35. The first-order chi connectivity index (χ1) is 9.50. The summed E-state index contributed by atoms with van der Waals surface area (Å²) in [7, 11) is -3.69. The molecular formula is C13H14INO4S. The van der Waals surface area contributed by atoms with Gasteiger partial charge >= 0.3 is 0 Å². The molecule has 1 aromatic carbocycles. The first-order valence-corrected chi connectivity index (χ1v) is 9.00. The zero-order valence-corrected chi connectivity index (χ0v) is 13.7. The Labute approximate surface area is 131 Å². The van der Waals surface area contributed by atoms with Gasteiger partial charge in [-0.15, -0.1) is 0 Å². The van der Waals surface area contributed by atoms with Crippen LogP contribution in [0.1, 0.15) is 29.6 Å². The number of ether oxygens (including phenoxy) is 1. The van der Waals surface area contributed by atoms with Crippen LogP contribution in [0.4, 0.5) is 0 Å². The Bertz CT molecular complexity index is 652. The first kappa shape index (κ1) is 14.3. The van der Waals surface area contributed by atoms with Crippen molar-refractivity contribution in [2.24, 2.45) is 0 Å². The van der Waals surface area contributed by atoms with Crippen molar-refractivity contribution in [3.05, 3.63) is 27.3 Å². The number of carbonyl (C=O) groups is 1. The van der Waals surface area contributed by atoms with Crippen molar-refractivity contribution in [3.8, 4) is 0 Å². The number of carbonyl (C=O) groups excluding carboxylic acids is 1. The van der Waals surface area contributed by atoms with Gasteiger partial charge in [-0.2, -0.15) is 0 Å². The smallest absolute Gasteiger partial charge is 0.269 e. The van der Waals surface area contributed by atoms with E-state index in [2.05, 4.69) is 0 Å². The number of fused-ring (bicyclic) bond motifs is 1. The van der Waals surface area contributed by atoms with E-state index < -0.39 is 15.9 Å². The van der Waals surface area contributed by atoms with E-state index in [1.165, 1.54) is 0 Å². The Kier molecular flexibility index (Phi) is 3.76. The van der Waals surface area contributed by atoms with Crippen LogP contribution in [0.25, 0.3) is 0 Å². The van der Waals surface area contributed by atoms with E-state index in [4.69, 9.17) is 4.74 Å². The van der Waals surface area contributed by atoms with Crippen LogP contribution in [0, 0.1) is 3.57 Å². The summed E-state index contributed by atoms with van der Waals surface area (Å²) in [6.45, 7) is 0.918. The predicted molar refractivity (Wildman–Crippen MR) is 81.0 cm³/mol.